The molecule has 0 spiro atoms. The highest BCUT2D eigenvalue weighted by molar-refractivity contribution is 5.98. The van der Waals surface area contributed by atoms with Crippen LogP contribution in [-0.2, 0) is 0 Å². The van der Waals surface area contributed by atoms with Gasteiger partial charge in [-0.05, 0) is 80.6 Å². The average Bonchev–Trinajstić information content (AvgIpc) is 3.21. The van der Waals surface area contributed by atoms with Crippen LogP contribution in [0.4, 0.5) is 11.4 Å². The Hall–Kier alpha value is -7.04. The third-order valence-corrected chi connectivity index (χ3v) is 9.19. The highest BCUT2D eigenvalue weighted by Crippen LogP contribution is 2.40. The van der Waals surface area contributed by atoms with E-state index in [2.05, 4.69) is 24.3 Å². The fourth-order valence-electron chi connectivity index (χ4n) is 6.48. The predicted octanol–water partition coefficient (Wildman–Crippen LogP) is 12.4. The van der Waals surface area contributed by atoms with Crippen LogP contribution >= 0.6 is 0 Å². The van der Waals surface area contributed by atoms with Crippen molar-refractivity contribution < 1.29 is 10.2 Å². The van der Waals surface area contributed by atoms with Gasteiger partial charge < -0.3 is 10.2 Å². The van der Waals surface area contributed by atoms with Gasteiger partial charge in [-0.25, -0.2) is 0 Å². The zero-order valence-electron chi connectivity index (χ0n) is 28.3. The first kappa shape index (κ1) is 32.2. The fraction of sp³-hybridized carbons (Fsp3) is 0. The summed E-state index contributed by atoms with van der Waals surface area (Å²) in [4.78, 5) is 9.92. The monoisotopic (exact) mass is 670 g/mol. The van der Waals surface area contributed by atoms with E-state index in [1.165, 1.54) is 0 Å². The summed E-state index contributed by atoms with van der Waals surface area (Å²) < 4.78 is 0. The molecule has 0 fully saturated rings. The van der Waals surface area contributed by atoms with E-state index >= 15 is 0 Å². The molecule has 8 rings (SSSR count). The van der Waals surface area contributed by atoms with Gasteiger partial charge in [0.2, 0.25) is 0 Å². The topological polar surface area (TPSA) is 65.2 Å². The van der Waals surface area contributed by atoms with Crippen molar-refractivity contribution in [1.82, 2.24) is 0 Å². The van der Waals surface area contributed by atoms with Gasteiger partial charge in [-0.1, -0.05) is 146 Å². The molecule has 0 atom stereocenters. The van der Waals surface area contributed by atoms with Crippen molar-refractivity contribution in [1.29, 1.82) is 0 Å². The lowest BCUT2D eigenvalue weighted by atomic mass is 9.95. The molecule has 0 aliphatic carbocycles. The lowest BCUT2D eigenvalue weighted by Crippen LogP contribution is -1.91. The molecule has 2 N–H and O–H groups in total. The van der Waals surface area contributed by atoms with Crippen LogP contribution in [0.5, 0.6) is 11.5 Å². The molecular weight excluding hydrogens is 637 g/mol. The summed E-state index contributed by atoms with van der Waals surface area (Å²) in [5.41, 5.74) is 9.73. The molecule has 4 heteroatoms. The lowest BCUT2D eigenvalue weighted by Gasteiger charge is -2.13. The molecule has 0 aromatic heterocycles. The molecule has 0 bridgehead atoms. The summed E-state index contributed by atoms with van der Waals surface area (Å²) in [6, 6.07) is 60.1. The molecule has 0 saturated carbocycles. The SMILES string of the molecule is Oc1c(C=Nc2cc3ccccc3cc2N=Cc2cc(-c3ccccc3)cc(-c3ccccc3)c2O)cc(-c2ccccc2)cc1-c1ccccc1. The Kier molecular flexibility index (Phi) is 8.94. The van der Waals surface area contributed by atoms with Crippen LogP contribution in [0.15, 0.2) is 192 Å². The number of fused-ring (bicyclic) bond motifs is 1. The number of nitrogens with zero attached hydrogens (tertiary/aromatic N) is 2. The molecule has 4 nitrogen and oxygen atoms in total. The predicted molar refractivity (Wildman–Crippen MR) is 216 cm³/mol. The van der Waals surface area contributed by atoms with E-state index in [9.17, 15) is 10.2 Å². The van der Waals surface area contributed by atoms with Crippen molar-refractivity contribution in [3.05, 3.63) is 193 Å². The minimum absolute atomic E-state index is 0.150. The number of hydrogen-bond donors (Lipinski definition) is 2. The maximum absolute atomic E-state index is 11.6. The van der Waals surface area contributed by atoms with Crippen molar-refractivity contribution in [3.63, 3.8) is 0 Å². The highest BCUT2D eigenvalue weighted by Gasteiger charge is 2.15. The Labute approximate surface area is 303 Å². The van der Waals surface area contributed by atoms with Gasteiger partial charge in [-0.2, -0.15) is 0 Å². The van der Waals surface area contributed by atoms with E-state index in [0.717, 1.165) is 55.3 Å². The molecule has 52 heavy (non-hydrogen) atoms. The average molecular weight is 671 g/mol. The first-order chi connectivity index (χ1) is 25.6. The van der Waals surface area contributed by atoms with Gasteiger partial charge in [0.1, 0.15) is 11.5 Å². The Balaban J connectivity index is 1.25. The van der Waals surface area contributed by atoms with Gasteiger partial charge >= 0.3 is 0 Å². The first-order valence-electron chi connectivity index (χ1n) is 17.2. The van der Waals surface area contributed by atoms with Gasteiger partial charge in [0.15, 0.2) is 0 Å². The second kappa shape index (κ2) is 14.4. The zero-order chi connectivity index (χ0) is 35.3. The second-order valence-electron chi connectivity index (χ2n) is 12.6. The molecule has 8 aromatic carbocycles. The highest BCUT2D eigenvalue weighted by atomic mass is 16.3. The normalized spacial score (nSPS) is 11.5. The third kappa shape index (κ3) is 6.74. The maximum atomic E-state index is 11.6. The third-order valence-electron chi connectivity index (χ3n) is 9.19. The lowest BCUT2D eigenvalue weighted by molar-refractivity contribution is 0.476. The summed E-state index contributed by atoms with van der Waals surface area (Å²) in [5, 5.41) is 25.2. The Morgan fingerprint density at radius 1 is 0.327 bits per heavy atom. The summed E-state index contributed by atoms with van der Waals surface area (Å²) in [6.07, 6.45) is 3.41. The number of hydrogen-bond acceptors (Lipinski definition) is 4. The quantitative estimate of drug-likeness (QED) is 0.158. The standard InChI is InChI=1S/C48H34N2O2/c51-47-41(25-39(33-15-5-1-6-16-33)27-43(47)35-19-9-3-10-20-35)31-49-45-29-37-23-13-14-24-38(37)30-46(45)50-32-42-26-40(34-17-7-2-8-18-34)28-44(48(42)52)36-21-11-4-12-22-36/h1-32,51-52H. The Bertz CT molecular complexity index is 2380. The van der Waals surface area contributed by atoms with Crippen LogP contribution < -0.4 is 0 Å². The summed E-state index contributed by atoms with van der Waals surface area (Å²) in [6.45, 7) is 0. The molecule has 248 valence electrons. The zero-order valence-corrected chi connectivity index (χ0v) is 28.3. The van der Waals surface area contributed by atoms with E-state index in [4.69, 9.17) is 9.98 Å². The van der Waals surface area contributed by atoms with Crippen LogP contribution in [0.2, 0.25) is 0 Å². The van der Waals surface area contributed by atoms with Crippen molar-refractivity contribution in [2.24, 2.45) is 9.98 Å². The van der Waals surface area contributed by atoms with E-state index in [0.29, 0.717) is 22.5 Å². The van der Waals surface area contributed by atoms with Crippen molar-refractivity contribution in [3.8, 4) is 56.0 Å². The largest absolute Gasteiger partial charge is 0.507 e. The van der Waals surface area contributed by atoms with Crippen LogP contribution in [0.25, 0.3) is 55.3 Å². The van der Waals surface area contributed by atoms with Gasteiger partial charge in [0, 0.05) is 34.7 Å². The smallest absolute Gasteiger partial charge is 0.132 e. The first-order valence-corrected chi connectivity index (χ1v) is 17.2. The molecule has 8 aromatic rings. The second-order valence-corrected chi connectivity index (χ2v) is 12.6. The summed E-state index contributed by atoms with van der Waals surface area (Å²) in [7, 11) is 0. The summed E-state index contributed by atoms with van der Waals surface area (Å²) >= 11 is 0. The van der Waals surface area contributed by atoms with Crippen molar-refractivity contribution >= 4 is 34.6 Å². The van der Waals surface area contributed by atoms with Crippen LogP contribution in [0.3, 0.4) is 0 Å². The fourth-order valence-corrected chi connectivity index (χ4v) is 6.48. The number of aliphatic imine (C=N–C) groups is 2. The number of phenols is 2. The number of benzene rings is 8. The van der Waals surface area contributed by atoms with Crippen LogP contribution in [0, 0.1) is 0 Å². The van der Waals surface area contributed by atoms with E-state index in [1.54, 1.807) is 12.4 Å². The van der Waals surface area contributed by atoms with Gasteiger partial charge in [-0.3, -0.25) is 9.98 Å². The Morgan fingerprint density at radius 3 is 1.02 bits per heavy atom. The summed E-state index contributed by atoms with van der Waals surface area (Å²) in [5.74, 6) is 0.299. The van der Waals surface area contributed by atoms with E-state index in [1.807, 2.05) is 158 Å². The van der Waals surface area contributed by atoms with E-state index in [-0.39, 0.29) is 11.5 Å². The number of aromatic hydroxyl groups is 2. The molecule has 0 amide bonds. The van der Waals surface area contributed by atoms with Crippen molar-refractivity contribution in [2.45, 2.75) is 0 Å². The molecule has 0 unspecified atom stereocenters. The number of phenolic OH excluding ortho intramolecular Hbond substituents is 2. The van der Waals surface area contributed by atoms with Gasteiger partial charge in [0.05, 0.1) is 11.4 Å². The molecular formula is C48H34N2O2. The molecule has 0 radical (unpaired) electrons. The van der Waals surface area contributed by atoms with Crippen LogP contribution in [0.1, 0.15) is 11.1 Å². The van der Waals surface area contributed by atoms with Gasteiger partial charge in [-0.15, -0.1) is 0 Å². The maximum Gasteiger partial charge on any atom is 0.132 e. The molecule has 0 aliphatic rings. The minimum atomic E-state index is 0.150. The Morgan fingerprint density at radius 2 is 0.654 bits per heavy atom. The minimum Gasteiger partial charge on any atom is -0.507 e. The van der Waals surface area contributed by atoms with E-state index < -0.39 is 0 Å². The van der Waals surface area contributed by atoms with Gasteiger partial charge in [0.25, 0.3) is 0 Å². The molecule has 0 saturated heterocycles. The van der Waals surface area contributed by atoms with Crippen LogP contribution in [-0.4, -0.2) is 22.6 Å². The number of rotatable bonds is 8. The van der Waals surface area contributed by atoms with Crippen molar-refractivity contribution in [2.75, 3.05) is 0 Å². The molecule has 0 aliphatic heterocycles. The molecule has 0 heterocycles.